The summed E-state index contributed by atoms with van der Waals surface area (Å²) in [6.45, 7) is 0.422. The van der Waals surface area contributed by atoms with Gasteiger partial charge in [0.1, 0.15) is 0 Å². The largest absolute Gasteiger partial charge is 0.481 e. The van der Waals surface area contributed by atoms with Gasteiger partial charge >= 0.3 is 5.97 Å². The lowest BCUT2D eigenvalue weighted by atomic mass is 10.3. The molecule has 0 radical (unpaired) electrons. The Morgan fingerprint density at radius 3 is 2.94 bits per heavy atom. The molecule has 2 rings (SSSR count). The maximum atomic E-state index is 11.4. The van der Waals surface area contributed by atoms with Gasteiger partial charge in [-0.15, -0.1) is 5.10 Å². The van der Waals surface area contributed by atoms with E-state index < -0.39 is 5.97 Å². The lowest BCUT2D eigenvalue weighted by Crippen LogP contribution is -2.26. The van der Waals surface area contributed by atoms with Crippen LogP contribution in [0.15, 0.2) is 6.20 Å². The zero-order chi connectivity index (χ0) is 12.3. The zero-order valence-corrected chi connectivity index (χ0v) is 9.30. The number of carbonyl (C=O) groups excluding carboxylic acids is 1. The summed E-state index contributed by atoms with van der Waals surface area (Å²) in [5, 5.41) is 18.9. The molecule has 1 fully saturated rings. The van der Waals surface area contributed by atoms with Crippen molar-refractivity contribution >= 4 is 11.9 Å². The monoisotopic (exact) mass is 238 g/mol. The first-order chi connectivity index (χ1) is 8.13. The summed E-state index contributed by atoms with van der Waals surface area (Å²) in [5.41, 5.74) is 0.403. The number of aromatic nitrogens is 3. The van der Waals surface area contributed by atoms with Crippen LogP contribution < -0.4 is 5.32 Å². The van der Waals surface area contributed by atoms with E-state index in [-0.39, 0.29) is 12.3 Å². The smallest absolute Gasteiger partial charge is 0.309 e. The maximum absolute atomic E-state index is 11.4. The highest BCUT2D eigenvalue weighted by molar-refractivity contribution is 5.76. The van der Waals surface area contributed by atoms with Crippen molar-refractivity contribution in [3.8, 4) is 0 Å². The first-order valence-electron chi connectivity index (χ1n) is 5.53. The molecule has 0 atom stereocenters. The number of aryl methyl sites for hydroxylation is 1. The second kappa shape index (κ2) is 4.94. The molecule has 7 nitrogen and oxygen atoms in total. The van der Waals surface area contributed by atoms with Crippen molar-refractivity contribution in [2.24, 2.45) is 0 Å². The molecule has 1 amide bonds. The topological polar surface area (TPSA) is 97.1 Å². The highest BCUT2D eigenvalue weighted by atomic mass is 16.4. The molecule has 1 aromatic heterocycles. The van der Waals surface area contributed by atoms with Crippen molar-refractivity contribution in [1.82, 2.24) is 20.3 Å². The number of amides is 1. The molecule has 1 saturated carbocycles. The van der Waals surface area contributed by atoms with Crippen molar-refractivity contribution in [3.05, 3.63) is 11.9 Å². The Morgan fingerprint density at radius 2 is 2.29 bits per heavy atom. The number of rotatable bonds is 6. The molecule has 0 bridgehead atoms. The van der Waals surface area contributed by atoms with Gasteiger partial charge in [-0.1, -0.05) is 5.21 Å². The molecule has 92 valence electrons. The fourth-order valence-electron chi connectivity index (χ4n) is 1.43. The Bertz CT molecular complexity index is 425. The number of carboxylic acids is 1. The number of nitrogens with zero attached hydrogens (tertiary/aromatic N) is 3. The van der Waals surface area contributed by atoms with Crippen LogP contribution in [-0.2, 0) is 22.6 Å². The van der Waals surface area contributed by atoms with Gasteiger partial charge in [-0.2, -0.15) is 0 Å². The SMILES string of the molecule is O=C(O)Cc1cn(CCC(=O)NC2CC2)nn1. The van der Waals surface area contributed by atoms with Crippen LogP contribution in [0.25, 0.3) is 0 Å². The van der Waals surface area contributed by atoms with Gasteiger partial charge in [0.25, 0.3) is 0 Å². The molecule has 2 N–H and O–H groups in total. The number of carboxylic acid groups (broad SMARTS) is 1. The molecular weight excluding hydrogens is 224 g/mol. The Labute approximate surface area is 97.8 Å². The van der Waals surface area contributed by atoms with E-state index in [1.807, 2.05) is 0 Å². The standard InChI is InChI=1S/C10H14N4O3/c15-9(11-7-1-2-7)3-4-14-6-8(12-13-14)5-10(16)17/h6-7H,1-5H2,(H,11,15)(H,16,17). The van der Waals surface area contributed by atoms with Crippen LogP contribution in [0, 0.1) is 0 Å². The molecule has 0 aliphatic heterocycles. The van der Waals surface area contributed by atoms with Crippen molar-refractivity contribution < 1.29 is 14.7 Å². The van der Waals surface area contributed by atoms with Crippen LogP contribution in [0.2, 0.25) is 0 Å². The van der Waals surface area contributed by atoms with E-state index >= 15 is 0 Å². The minimum atomic E-state index is -0.941. The van der Waals surface area contributed by atoms with Crippen LogP contribution in [0.3, 0.4) is 0 Å². The van der Waals surface area contributed by atoms with E-state index in [1.54, 1.807) is 6.20 Å². The predicted molar refractivity (Wildman–Crippen MR) is 57.1 cm³/mol. The fourth-order valence-corrected chi connectivity index (χ4v) is 1.43. The number of hydrogen-bond donors (Lipinski definition) is 2. The fraction of sp³-hybridized carbons (Fsp3) is 0.600. The second-order valence-corrected chi connectivity index (χ2v) is 4.14. The third kappa shape index (κ3) is 3.86. The van der Waals surface area contributed by atoms with Crippen LogP contribution >= 0.6 is 0 Å². The Hall–Kier alpha value is -1.92. The van der Waals surface area contributed by atoms with E-state index in [4.69, 9.17) is 5.11 Å². The zero-order valence-electron chi connectivity index (χ0n) is 9.30. The summed E-state index contributed by atoms with van der Waals surface area (Å²) in [6.07, 6.45) is 3.88. The summed E-state index contributed by atoms with van der Waals surface area (Å²) < 4.78 is 1.49. The van der Waals surface area contributed by atoms with Crippen LogP contribution in [0.1, 0.15) is 25.0 Å². The quantitative estimate of drug-likeness (QED) is 0.701. The van der Waals surface area contributed by atoms with Crippen molar-refractivity contribution in [1.29, 1.82) is 0 Å². The first-order valence-corrected chi connectivity index (χ1v) is 5.53. The summed E-state index contributed by atoms with van der Waals surface area (Å²) in [6, 6.07) is 0.362. The molecule has 1 aromatic rings. The normalized spacial score (nSPS) is 14.6. The molecule has 0 spiro atoms. The Morgan fingerprint density at radius 1 is 1.53 bits per heavy atom. The summed E-state index contributed by atoms with van der Waals surface area (Å²) in [4.78, 5) is 21.8. The van der Waals surface area contributed by atoms with Crippen molar-refractivity contribution in [2.75, 3.05) is 0 Å². The van der Waals surface area contributed by atoms with E-state index in [9.17, 15) is 9.59 Å². The van der Waals surface area contributed by atoms with Crippen LogP contribution in [0.4, 0.5) is 0 Å². The van der Waals surface area contributed by atoms with Gasteiger partial charge in [0.05, 0.1) is 18.7 Å². The minimum absolute atomic E-state index is 0.00258. The lowest BCUT2D eigenvalue weighted by Gasteiger charge is -2.02. The molecule has 0 aromatic carbocycles. The number of nitrogens with one attached hydrogen (secondary N) is 1. The highest BCUT2D eigenvalue weighted by Crippen LogP contribution is 2.18. The maximum Gasteiger partial charge on any atom is 0.309 e. The Balaban J connectivity index is 1.75. The van der Waals surface area contributed by atoms with E-state index in [0.29, 0.717) is 24.7 Å². The van der Waals surface area contributed by atoms with Gasteiger partial charge in [0, 0.05) is 18.7 Å². The van der Waals surface area contributed by atoms with Gasteiger partial charge in [-0.25, -0.2) is 0 Å². The minimum Gasteiger partial charge on any atom is -0.481 e. The Kier molecular flexibility index (Phi) is 3.36. The number of aliphatic carboxylic acids is 1. The van der Waals surface area contributed by atoms with E-state index in [2.05, 4.69) is 15.6 Å². The van der Waals surface area contributed by atoms with Gasteiger partial charge in [-0.05, 0) is 12.8 Å². The average molecular weight is 238 g/mol. The molecule has 1 heterocycles. The summed E-state index contributed by atoms with van der Waals surface area (Å²) in [5.74, 6) is -0.939. The summed E-state index contributed by atoms with van der Waals surface area (Å²) in [7, 11) is 0. The second-order valence-electron chi connectivity index (χ2n) is 4.14. The predicted octanol–water partition coefficient (Wildman–Crippen LogP) is -0.426. The molecule has 0 unspecified atom stereocenters. The third-order valence-corrected chi connectivity index (χ3v) is 2.43. The van der Waals surface area contributed by atoms with Crippen LogP contribution in [-0.4, -0.2) is 38.0 Å². The van der Waals surface area contributed by atoms with E-state index in [1.165, 1.54) is 4.68 Å². The average Bonchev–Trinajstić information content (AvgIpc) is 2.94. The van der Waals surface area contributed by atoms with Crippen LogP contribution in [0.5, 0.6) is 0 Å². The summed E-state index contributed by atoms with van der Waals surface area (Å²) >= 11 is 0. The molecule has 7 heteroatoms. The lowest BCUT2D eigenvalue weighted by molar-refractivity contribution is -0.136. The van der Waals surface area contributed by atoms with E-state index in [0.717, 1.165) is 12.8 Å². The van der Waals surface area contributed by atoms with Crippen molar-refractivity contribution in [3.63, 3.8) is 0 Å². The highest BCUT2D eigenvalue weighted by Gasteiger charge is 2.22. The molecule has 0 saturated heterocycles. The molecule has 17 heavy (non-hydrogen) atoms. The van der Waals surface area contributed by atoms with Gasteiger partial charge in [0.2, 0.25) is 5.91 Å². The molecule has 1 aliphatic rings. The number of carbonyl (C=O) groups is 2. The van der Waals surface area contributed by atoms with Gasteiger partial charge in [0.15, 0.2) is 0 Å². The molecular formula is C10H14N4O3. The number of hydrogen-bond acceptors (Lipinski definition) is 4. The third-order valence-electron chi connectivity index (χ3n) is 2.43. The van der Waals surface area contributed by atoms with Gasteiger partial charge in [-0.3, -0.25) is 14.3 Å². The molecule has 1 aliphatic carbocycles. The van der Waals surface area contributed by atoms with Gasteiger partial charge < -0.3 is 10.4 Å². The van der Waals surface area contributed by atoms with Crippen molar-refractivity contribution in [2.45, 2.75) is 38.3 Å². The first kappa shape index (κ1) is 11.6.